The highest BCUT2D eigenvalue weighted by Crippen LogP contribution is 2.31. The Hall–Kier alpha value is -1.95. The molecule has 4 nitrogen and oxygen atoms in total. The van der Waals surface area contributed by atoms with E-state index in [4.69, 9.17) is 9.47 Å². The first-order chi connectivity index (χ1) is 11.7. The quantitative estimate of drug-likeness (QED) is 0.915. The van der Waals surface area contributed by atoms with Gasteiger partial charge in [0.25, 0.3) is 0 Å². The third-order valence-corrected chi connectivity index (χ3v) is 4.40. The van der Waals surface area contributed by atoms with Gasteiger partial charge >= 0.3 is 0 Å². The number of morpholine rings is 1. The largest absolute Gasteiger partial charge is 0.497 e. The van der Waals surface area contributed by atoms with Gasteiger partial charge in [-0.05, 0) is 23.8 Å². The fourth-order valence-corrected chi connectivity index (χ4v) is 3.21. The molecule has 1 fully saturated rings. The lowest BCUT2D eigenvalue weighted by atomic mass is 9.97. The molecule has 128 valence electrons. The van der Waals surface area contributed by atoms with Crippen molar-refractivity contribution < 1.29 is 19.0 Å². The number of benzene rings is 2. The third kappa shape index (κ3) is 3.59. The molecule has 0 bridgehead atoms. The van der Waals surface area contributed by atoms with Crippen molar-refractivity contribution in [1.82, 2.24) is 4.90 Å². The van der Waals surface area contributed by atoms with Gasteiger partial charge in [0.1, 0.15) is 17.7 Å². The summed E-state index contributed by atoms with van der Waals surface area (Å²) in [7, 11) is 1.57. The number of aliphatic hydroxyl groups is 1. The van der Waals surface area contributed by atoms with Crippen LogP contribution in [0.15, 0.2) is 48.5 Å². The number of methoxy groups -OCH3 is 1. The lowest BCUT2D eigenvalue weighted by molar-refractivity contribution is -0.0962. The molecule has 1 aliphatic heterocycles. The summed E-state index contributed by atoms with van der Waals surface area (Å²) in [6.45, 7) is 1.55. The molecule has 0 aromatic heterocycles. The average Bonchev–Trinajstić information content (AvgIpc) is 2.64. The molecule has 3 rings (SSSR count). The Bertz CT molecular complexity index is 665. The summed E-state index contributed by atoms with van der Waals surface area (Å²) < 4.78 is 25.1. The summed E-state index contributed by atoms with van der Waals surface area (Å²) in [5.74, 6) is 0.379. The number of rotatable bonds is 5. The Balaban J connectivity index is 1.89. The number of hydrogen-bond donors (Lipinski definition) is 1. The van der Waals surface area contributed by atoms with Crippen LogP contribution in [0.1, 0.15) is 17.2 Å². The maximum atomic E-state index is 14.2. The molecule has 2 aromatic carbocycles. The molecule has 2 aromatic rings. The highest BCUT2D eigenvalue weighted by molar-refractivity contribution is 5.30. The van der Waals surface area contributed by atoms with E-state index in [-0.39, 0.29) is 24.6 Å². The van der Waals surface area contributed by atoms with E-state index in [0.717, 1.165) is 5.56 Å². The zero-order valence-electron chi connectivity index (χ0n) is 13.7. The number of ether oxygens (including phenoxy) is 2. The fourth-order valence-electron chi connectivity index (χ4n) is 3.21. The van der Waals surface area contributed by atoms with Crippen LogP contribution >= 0.6 is 0 Å². The molecule has 0 radical (unpaired) electrons. The first-order valence-corrected chi connectivity index (χ1v) is 8.07. The highest BCUT2D eigenvalue weighted by Gasteiger charge is 2.33. The molecule has 5 heteroatoms. The lowest BCUT2D eigenvalue weighted by Crippen LogP contribution is -2.46. The molecule has 2 atom stereocenters. The Labute approximate surface area is 141 Å². The van der Waals surface area contributed by atoms with Gasteiger partial charge in [-0.15, -0.1) is 0 Å². The Morgan fingerprint density at radius 1 is 1.25 bits per heavy atom. The predicted octanol–water partition coefficient (Wildman–Crippen LogP) is 2.77. The SMILES string of the molecule is COc1ccc(F)c(CN2CCO[C@H](CO)[C@H]2c2ccccc2)c1. The smallest absolute Gasteiger partial charge is 0.127 e. The topological polar surface area (TPSA) is 41.9 Å². The minimum atomic E-state index is -0.324. The zero-order valence-corrected chi connectivity index (χ0v) is 13.7. The van der Waals surface area contributed by atoms with Crippen LogP contribution in [0.2, 0.25) is 0 Å². The van der Waals surface area contributed by atoms with Crippen LogP contribution in [-0.2, 0) is 11.3 Å². The van der Waals surface area contributed by atoms with E-state index in [1.807, 2.05) is 30.3 Å². The summed E-state index contributed by atoms with van der Waals surface area (Å²) in [6.07, 6.45) is -0.324. The molecule has 1 aliphatic rings. The van der Waals surface area contributed by atoms with Crippen molar-refractivity contribution in [3.63, 3.8) is 0 Å². The normalized spacial score (nSPS) is 21.6. The second kappa shape index (κ2) is 7.75. The average molecular weight is 331 g/mol. The molecule has 0 aliphatic carbocycles. The van der Waals surface area contributed by atoms with Crippen LogP contribution in [-0.4, -0.2) is 43.0 Å². The van der Waals surface area contributed by atoms with Crippen molar-refractivity contribution in [2.24, 2.45) is 0 Å². The fraction of sp³-hybridized carbons (Fsp3) is 0.368. The highest BCUT2D eigenvalue weighted by atomic mass is 19.1. The van der Waals surface area contributed by atoms with Gasteiger partial charge in [-0.25, -0.2) is 4.39 Å². The molecule has 24 heavy (non-hydrogen) atoms. The standard InChI is InChI=1S/C19H22FNO3/c1-23-16-7-8-17(20)15(11-16)12-21-9-10-24-18(13-22)19(21)14-5-3-2-4-6-14/h2-8,11,18-19,22H,9-10,12-13H2,1H3/t18-,19-/m1/s1. The molecule has 0 unspecified atom stereocenters. The molecule has 0 spiro atoms. The monoisotopic (exact) mass is 331 g/mol. The van der Waals surface area contributed by atoms with E-state index in [9.17, 15) is 9.50 Å². The van der Waals surface area contributed by atoms with E-state index < -0.39 is 0 Å². The van der Waals surface area contributed by atoms with Gasteiger partial charge in [0.15, 0.2) is 0 Å². The van der Waals surface area contributed by atoms with E-state index in [1.54, 1.807) is 19.2 Å². The van der Waals surface area contributed by atoms with Crippen LogP contribution in [0.3, 0.4) is 0 Å². The molecule has 1 saturated heterocycles. The summed E-state index contributed by atoms with van der Waals surface area (Å²) in [6, 6.07) is 14.5. The van der Waals surface area contributed by atoms with E-state index >= 15 is 0 Å². The van der Waals surface area contributed by atoms with E-state index in [2.05, 4.69) is 4.90 Å². The van der Waals surface area contributed by atoms with Crippen LogP contribution in [0, 0.1) is 5.82 Å². The predicted molar refractivity (Wildman–Crippen MR) is 89.4 cm³/mol. The van der Waals surface area contributed by atoms with Crippen molar-refractivity contribution in [2.45, 2.75) is 18.7 Å². The van der Waals surface area contributed by atoms with E-state index in [0.29, 0.717) is 31.0 Å². The van der Waals surface area contributed by atoms with Crippen molar-refractivity contribution in [3.05, 3.63) is 65.5 Å². The molecule has 1 heterocycles. The summed E-state index contributed by atoms with van der Waals surface area (Å²) in [4.78, 5) is 2.15. The molecular weight excluding hydrogens is 309 g/mol. The molecule has 1 N–H and O–H groups in total. The van der Waals surface area contributed by atoms with Gasteiger partial charge in [0.05, 0.1) is 26.4 Å². The number of nitrogens with zero attached hydrogens (tertiary/aromatic N) is 1. The summed E-state index contributed by atoms with van der Waals surface area (Å²) >= 11 is 0. The van der Waals surface area contributed by atoms with Gasteiger partial charge in [-0.3, -0.25) is 4.90 Å². The first kappa shape index (κ1) is 16.9. The van der Waals surface area contributed by atoms with Gasteiger partial charge in [0.2, 0.25) is 0 Å². The molecular formula is C19H22FNO3. The van der Waals surface area contributed by atoms with E-state index in [1.165, 1.54) is 6.07 Å². The van der Waals surface area contributed by atoms with Crippen molar-refractivity contribution in [2.75, 3.05) is 26.9 Å². The Morgan fingerprint density at radius 3 is 2.75 bits per heavy atom. The van der Waals surface area contributed by atoms with Crippen molar-refractivity contribution >= 4 is 0 Å². The Kier molecular flexibility index (Phi) is 5.45. The number of aliphatic hydroxyl groups excluding tert-OH is 1. The number of halogens is 1. The second-order valence-electron chi connectivity index (χ2n) is 5.88. The van der Waals surface area contributed by atoms with Gasteiger partial charge in [-0.1, -0.05) is 30.3 Å². The van der Waals surface area contributed by atoms with Crippen LogP contribution in [0.25, 0.3) is 0 Å². The van der Waals surface area contributed by atoms with Crippen LogP contribution < -0.4 is 4.74 Å². The number of hydrogen-bond acceptors (Lipinski definition) is 4. The van der Waals surface area contributed by atoms with Gasteiger partial charge in [-0.2, -0.15) is 0 Å². The second-order valence-corrected chi connectivity index (χ2v) is 5.88. The third-order valence-electron chi connectivity index (χ3n) is 4.40. The van der Waals surface area contributed by atoms with Crippen molar-refractivity contribution in [3.8, 4) is 5.75 Å². The van der Waals surface area contributed by atoms with Crippen molar-refractivity contribution in [1.29, 1.82) is 0 Å². The zero-order chi connectivity index (χ0) is 16.9. The van der Waals surface area contributed by atoms with Gasteiger partial charge in [0, 0.05) is 18.7 Å². The van der Waals surface area contributed by atoms with Gasteiger partial charge < -0.3 is 14.6 Å². The lowest BCUT2D eigenvalue weighted by Gasteiger charge is -2.41. The molecule has 0 saturated carbocycles. The minimum Gasteiger partial charge on any atom is -0.497 e. The first-order valence-electron chi connectivity index (χ1n) is 8.07. The Morgan fingerprint density at radius 2 is 2.04 bits per heavy atom. The minimum absolute atomic E-state index is 0.0728. The van der Waals surface area contributed by atoms with Crippen LogP contribution in [0.4, 0.5) is 4.39 Å². The molecule has 0 amide bonds. The summed E-state index contributed by atoms with van der Waals surface area (Å²) in [5, 5.41) is 9.70. The summed E-state index contributed by atoms with van der Waals surface area (Å²) in [5.41, 5.74) is 1.63. The maximum Gasteiger partial charge on any atom is 0.127 e. The maximum absolute atomic E-state index is 14.2. The van der Waals surface area contributed by atoms with Crippen LogP contribution in [0.5, 0.6) is 5.75 Å².